The van der Waals surface area contributed by atoms with Gasteiger partial charge in [-0.25, -0.2) is 4.98 Å². The number of aromatic nitrogens is 3. The van der Waals surface area contributed by atoms with Crippen molar-refractivity contribution in [3.8, 4) is 0 Å². The van der Waals surface area contributed by atoms with Crippen molar-refractivity contribution in [2.24, 2.45) is 5.92 Å². The molecule has 1 atom stereocenters. The lowest BCUT2D eigenvalue weighted by atomic mass is 9.89. The lowest BCUT2D eigenvalue weighted by molar-refractivity contribution is 0.333. The number of fused-ring (bicyclic) bond motifs is 1. The summed E-state index contributed by atoms with van der Waals surface area (Å²) >= 11 is 1.68. The summed E-state index contributed by atoms with van der Waals surface area (Å²) in [6, 6.07) is 19.2. The Labute approximate surface area is 163 Å². The molecule has 2 aromatic heterocycles. The molecule has 0 aliphatic rings. The second-order valence-electron chi connectivity index (χ2n) is 6.74. The summed E-state index contributed by atoms with van der Waals surface area (Å²) in [7, 11) is 0. The van der Waals surface area contributed by atoms with E-state index >= 15 is 0 Å². The van der Waals surface area contributed by atoms with Gasteiger partial charge in [-0.2, -0.15) is 5.10 Å². The van der Waals surface area contributed by atoms with Crippen LogP contribution in [0.2, 0.25) is 0 Å². The first-order valence-electron chi connectivity index (χ1n) is 9.50. The van der Waals surface area contributed by atoms with E-state index in [1.165, 1.54) is 10.3 Å². The number of thiazole rings is 1. The third-order valence-corrected chi connectivity index (χ3v) is 6.05. The van der Waals surface area contributed by atoms with Crippen molar-refractivity contribution in [2.45, 2.75) is 32.7 Å². The van der Waals surface area contributed by atoms with Crippen molar-refractivity contribution in [3.63, 3.8) is 0 Å². The van der Waals surface area contributed by atoms with E-state index in [4.69, 9.17) is 0 Å². The van der Waals surface area contributed by atoms with E-state index < -0.39 is 0 Å². The zero-order valence-corrected chi connectivity index (χ0v) is 16.5. The van der Waals surface area contributed by atoms with E-state index in [9.17, 15) is 0 Å². The Bertz CT molecular complexity index is 952. The van der Waals surface area contributed by atoms with Crippen LogP contribution in [0.15, 0.2) is 67.0 Å². The third kappa shape index (κ3) is 3.74. The maximum atomic E-state index is 4.65. The highest BCUT2D eigenvalue weighted by Crippen LogP contribution is 2.33. The van der Waals surface area contributed by atoms with Gasteiger partial charge in [0.2, 0.25) is 0 Å². The molecule has 0 amide bonds. The molecule has 138 valence electrons. The number of rotatable bonds is 7. The van der Waals surface area contributed by atoms with E-state index in [-0.39, 0.29) is 6.04 Å². The molecule has 5 heteroatoms. The van der Waals surface area contributed by atoms with Crippen LogP contribution in [0.4, 0.5) is 10.8 Å². The van der Waals surface area contributed by atoms with E-state index in [0.29, 0.717) is 5.92 Å². The molecule has 0 aliphatic heterocycles. The Kier molecular flexibility index (Phi) is 5.21. The standard InChI is InChI=1S/C22H24N4S/c1-3-16(4-2)21(26-15-7-14-23-26)17-10-12-18(13-11-17)24-22-25-19-8-5-6-9-20(19)27-22/h5-16,21H,3-4H2,1-2H3,(H,24,25). The number of hydrogen-bond acceptors (Lipinski definition) is 4. The van der Waals surface area contributed by atoms with Crippen LogP contribution in [0.5, 0.6) is 0 Å². The molecule has 1 N–H and O–H groups in total. The Morgan fingerprint density at radius 3 is 2.44 bits per heavy atom. The molecule has 0 saturated carbocycles. The number of benzene rings is 2. The highest BCUT2D eigenvalue weighted by atomic mass is 32.1. The highest BCUT2D eigenvalue weighted by molar-refractivity contribution is 7.22. The molecule has 1 unspecified atom stereocenters. The number of hydrogen-bond donors (Lipinski definition) is 1. The van der Waals surface area contributed by atoms with Crippen LogP contribution in [-0.4, -0.2) is 14.8 Å². The fourth-order valence-corrected chi connectivity index (χ4v) is 4.52. The van der Waals surface area contributed by atoms with Gasteiger partial charge in [0, 0.05) is 18.1 Å². The van der Waals surface area contributed by atoms with Crippen molar-refractivity contribution in [2.75, 3.05) is 5.32 Å². The van der Waals surface area contributed by atoms with Crippen molar-refractivity contribution < 1.29 is 0 Å². The monoisotopic (exact) mass is 376 g/mol. The van der Waals surface area contributed by atoms with Crippen LogP contribution in [0.3, 0.4) is 0 Å². The van der Waals surface area contributed by atoms with Crippen LogP contribution < -0.4 is 5.32 Å². The van der Waals surface area contributed by atoms with Crippen LogP contribution in [0.1, 0.15) is 38.3 Å². The van der Waals surface area contributed by atoms with Crippen LogP contribution in [0, 0.1) is 5.92 Å². The summed E-state index contributed by atoms with van der Waals surface area (Å²) in [5, 5.41) is 8.88. The molecular weight excluding hydrogens is 352 g/mol. The van der Waals surface area contributed by atoms with Gasteiger partial charge >= 0.3 is 0 Å². The van der Waals surface area contributed by atoms with Gasteiger partial charge in [-0.3, -0.25) is 4.68 Å². The highest BCUT2D eigenvalue weighted by Gasteiger charge is 2.22. The first-order chi connectivity index (χ1) is 13.3. The average Bonchev–Trinajstić information content (AvgIpc) is 3.36. The van der Waals surface area contributed by atoms with Crippen LogP contribution >= 0.6 is 11.3 Å². The molecule has 0 bridgehead atoms. The van der Waals surface area contributed by atoms with Crippen molar-refractivity contribution in [1.82, 2.24) is 14.8 Å². The van der Waals surface area contributed by atoms with Gasteiger partial charge in [-0.05, 0) is 41.8 Å². The maximum absolute atomic E-state index is 4.65. The van der Waals surface area contributed by atoms with Crippen molar-refractivity contribution >= 4 is 32.4 Å². The predicted molar refractivity (Wildman–Crippen MR) is 114 cm³/mol. The average molecular weight is 377 g/mol. The SMILES string of the molecule is CCC(CC)C(c1ccc(Nc2nc3ccccc3s2)cc1)n1cccn1. The topological polar surface area (TPSA) is 42.7 Å². The summed E-state index contributed by atoms with van der Waals surface area (Å²) in [4.78, 5) is 4.65. The second-order valence-corrected chi connectivity index (χ2v) is 7.77. The zero-order valence-electron chi connectivity index (χ0n) is 15.7. The molecule has 2 aromatic carbocycles. The van der Waals surface area contributed by atoms with Crippen LogP contribution in [0.25, 0.3) is 10.2 Å². The molecule has 4 nitrogen and oxygen atoms in total. The van der Waals surface area contributed by atoms with E-state index in [1.54, 1.807) is 11.3 Å². The van der Waals surface area contributed by atoms with Gasteiger partial charge in [0.25, 0.3) is 0 Å². The summed E-state index contributed by atoms with van der Waals surface area (Å²) in [5.74, 6) is 0.563. The molecule has 0 saturated heterocycles. The molecular formula is C22H24N4S. The van der Waals surface area contributed by atoms with Gasteiger partial charge in [-0.1, -0.05) is 62.3 Å². The summed E-state index contributed by atoms with van der Waals surface area (Å²) in [6.45, 7) is 4.52. The minimum atomic E-state index is 0.270. The van der Waals surface area contributed by atoms with Gasteiger partial charge in [-0.15, -0.1) is 0 Å². The molecule has 2 heterocycles. The molecule has 27 heavy (non-hydrogen) atoms. The molecule has 4 aromatic rings. The number of nitrogens with zero attached hydrogens (tertiary/aromatic N) is 3. The summed E-state index contributed by atoms with van der Waals surface area (Å²) in [6.07, 6.45) is 6.19. The van der Waals surface area contributed by atoms with Crippen molar-refractivity contribution in [1.29, 1.82) is 0 Å². The molecule has 0 spiro atoms. The van der Waals surface area contributed by atoms with E-state index in [0.717, 1.165) is 29.2 Å². The molecule has 0 radical (unpaired) electrons. The summed E-state index contributed by atoms with van der Waals surface area (Å²) in [5.41, 5.74) is 3.39. The minimum absolute atomic E-state index is 0.270. The van der Waals surface area contributed by atoms with Gasteiger partial charge in [0.15, 0.2) is 5.13 Å². The Morgan fingerprint density at radius 1 is 1.00 bits per heavy atom. The molecule has 0 fully saturated rings. The smallest absolute Gasteiger partial charge is 0.188 e. The zero-order chi connectivity index (χ0) is 18.6. The predicted octanol–water partition coefficient (Wildman–Crippen LogP) is 6.26. The Balaban J connectivity index is 1.58. The van der Waals surface area contributed by atoms with Crippen LogP contribution in [-0.2, 0) is 0 Å². The van der Waals surface area contributed by atoms with Gasteiger partial charge in [0.1, 0.15) is 0 Å². The number of nitrogens with one attached hydrogen (secondary N) is 1. The van der Waals surface area contributed by atoms with E-state index in [2.05, 4.69) is 70.5 Å². The fourth-order valence-electron chi connectivity index (χ4n) is 3.63. The normalized spacial score (nSPS) is 12.6. The second kappa shape index (κ2) is 7.92. The van der Waals surface area contributed by atoms with Crippen molar-refractivity contribution in [3.05, 3.63) is 72.6 Å². The number of anilines is 2. The number of para-hydroxylation sites is 1. The fraction of sp³-hybridized carbons (Fsp3) is 0.273. The first kappa shape index (κ1) is 17.7. The molecule has 4 rings (SSSR count). The summed E-state index contributed by atoms with van der Waals surface area (Å²) < 4.78 is 3.29. The molecule has 0 aliphatic carbocycles. The minimum Gasteiger partial charge on any atom is -0.332 e. The Morgan fingerprint density at radius 2 is 1.78 bits per heavy atom. The first-order valence-corrected chi connectivity index (χ1v) is 10.3. The lowest BCUT2D eigenvalue weighted by Crippen LogP contribution is -2.20. The Hall–Kier alpha value is -2.66. The third-order valence-electron chi connectivity index (χ3n) is 5.10. The van der Waals surface area contributed by atoms with Gasteiger partial charge < -0.3 is 5.32 Å². The van der Waals surface area contributed by atoms with Gasteiger partial charge in [0.05, 0.1) is 16.3 Å². The quantitative estimate of drug-likeness (QED) is 0.414. The van der Waals surface area contributed by atoms with E-state index in [1.807, 2.05) is 30.5 Å². The maximum Gasteiger partial charge on any atom is 0.188 e. The largest absolute Gasteiger partial charge is 0.332 e. The lowest BCUT2D eigenvalue weighted by Gasteiger charge is -2.26.